The zero-order valence-corrected chi connectivity index (χ0v) is 11.5. The molecule has 0 bridgehead atoms. The molecule has 1 aromatic rings. The predicted octanol–water partition coefficient (Wildman–Crippen LogP) is 1.74. The summed E-state index contributed by atoms with van der Waals surface area (Å²) in [7, 11) is 1.56. The molecule has 0 spiro atoms. The van der Waals surface area contributed by atoms with Gasteiger partial charge in [0.25, 0.3) is 0 Å². The summed E-state index contributed by atoms with van der Waals surface area (Å²) in [6.07, 6.45) is 1.36. The zero-order chi connectivity index (χ0) is 13.5. The fourth-order valence-electron chi connectivity index (χ4n) is 2.46. The molecule has 1 saturated heterocycles. The van der Waals surface area contributed by atoms with Gasteiger partial charge in [-0.2, -0.15) is 0 Å². The highest BCUT2D eigenvalue weighted by Gasteiger charge is 2.24. The molecule has 1 heterocycles. The first-order chi connectivity index (χ1) is 9.29. The van der Waals surface area contributed by atoms with Crippen LogP contribution in [0.2, 0.25) is 0 Å². The smallest absolute Gasteiger partial charge is 0.157 e. The van der Waals surface area contributed by atoms with Gasteiger partial charge in [0.05, 0.1) is 0 Å². The Morgan fingerprint density at radius 2 is 1.95 bits per heavy atom. The van der Waals surface area contributed by atoms with E-state index in [1.54, 1.807) is 7.11 Å². The third kappa shape index (κ3) is 4.49. The normalized spacial score (nSPS) is 19.3. The molecule has 106 valence electrons. The predicted molar refractivity (Wildman–Crippen MR) is 74.1 cm³/mol. The Bertz CT molecular complexity index is 350. The summed E-state index contributed by atoms with van der Waals surface area (Å²) in [6.45, 7) is 3.65. The van der Waals surface area contributed by atoms with Crippen LogP contribution in [0.4, 0.5) is 0 Å². The molecule has 1 fully saturated rings. The number of ether oxygens (including phenoxy) is 2. The number of rotatable bonds is 6. The molecule has 0 radical (unpaired) electrons. The molecule has 1 N–H and O–H groups in total. The second kappa shape index (κ2) is 7.48. The van der Waals surface area contributed by atoms with Crippen LogP contribution in [-0.4, -0.2) is 49.6 Å². The SMILES string of the molecule is COC(O)C1CCN(CCOc2ccccc2)CC1. The molecule has 19 heavy (non-hydrogen) atoms. The number of benzene rings is 1. The number of para-hydroxylation sites is 1. The molecule has 0 amide bonds. The Labute approximate surface area is 114 Å². The van der Waals surface area contributed by atoms with Gasteiger partial charge in [-0.15, -0.1) is 0 Å². The summed E-state index contributed by atoms with van der Waals surface area (Å²) in [4.78, 5) is 2.38. The lowest BCUT2D eigenvalue weighted by Gasteiger charge is -2.33. The summed E-state index contributed by atoms with van der Waals surface area (Å²) in [5.74, 6) is 1.20. The molecule has 1 atom stereocenters. The molecular formula is C15H23NO3. The number of hydrogen-bond donors (Lipinski definition) is 1. The average molecular weight is 265 g/mol. The van der Waals surface area contributed by atoms with E-state index in [9.17, 15) is 5.11 Å². The maximum Gasteiger partial charge on any atom is 0.157 e. The van der Waals surface area contributed by atoms with Crippen molar-refractivity contribution in [1.29, 1.82) is 0 Å². The fourth-order valence-corrected chi connectivity index (χ4v) is 2.46. The van der Waals surface area contributed by atoms with E-state index in [-0.39, 0.29) is 5.92 Å². The topological polar surface area (TPSA) is 41.9 Å². The minimum atomic E-state index is -0.609. The van der Waals surface area contributed by atoms with Crippen molar-refractivity contribution in [3.63, 3.8) is 0 Å². The second-order valence-electron chi connectivity index (χ2n) is 4.97. The van der Waals surface area contributed by atoms with Crippen molar-refractivity contribution in [2.45, 2.75) is 19.1 Å². The Balaban J connectivity index is 1.63. The van der Waals surface area contributed by atoms with Crippen LogP contribution in [0, 0.1) is 5.92 Å². The number of aliphatic hydroxyl groups excluding tert-OH is 1. The van der Waals surface area contributed by atoms with Gasteiger partial charge in [-0.3, -0.25) is 4.90 Å². The largest absolute Gasteiger partial charge is 0.492 e. The van der Waals surface area contributed by atoms with E-state index in [2.05, 4.69) is 4.90 Å². The van der Waals surface area contributed by atoms with Gasteiger partial charge < -0.3 is 14.6 Å². The molecule has 0 saturated carbocycles. The number of piperidine rings is 1. The van der Waals surface area contributed by atoms with E-state index in [0.717, 1.165) is 38.2 Å². The molecule has 1 aliphatic rings. The minimum absolute atomic E-state index is 0.274. The van der Waals surface area contributed by atoms with E-state index < -0.39 is 6.29 Å². The molecule has 2 rings (SSSR count). The van der Waals surface area contributed by atoms with Crippen molar-refractivity contribution in [1.82, 2.24) is 4.90 Å². The van der Waals surface area contributed by atoms with Gasteiger partial charge >= 0.3 is 0 Å². The number of aliphatic hydroxyl groups is 1. The summed E-state index contributed by atoms with van der Waals surface area (Å²) in [5, 5.41) is 9.63. The van der Waals surface area contributed by atoms with Gasteiger partial charge in [0.1, 0.15) is 12.4 Å². The van der Waals surface area contributed by atoms with Gasteiger partial charge in [0.15, 0.2) is 6.29 Å². The lowest BCUT2D eigenvalue weighted by atomic mass is 9.96. The van der Waals surface area contributed by atoms with Gasteiger partial charge in [-0.1, -0.05) is 18.2 Å². The van der Waals surface area contributed by atoms with Crippen LogP contribution in [0.5, 0.6) is 5.75 Å². The Kier molecular flexibility index (Phi) is 5.63. The standard InChI is InChI=1S/C15H23NO3/c1-18-15(17)13-7-9-16(10-8-13)11-12-19-14-5-3-2-4-6-14/h2-6,13,15,17H,7-12H2,1H3. The third-order valence-corrected chi connectivity index (χ3v) is 3.70. The summed E-state index contributed by atoms with van der Waals surface area (Å²) in [5.41, 5.74) is 0. The summed E-state index contributed by atoms with van der Waals surface area (Å²) in [6, 6.07) is 9.89. The molecule has 1 aliphatic heterocycles. The van der Waals surface area contributed by atoms with Crippen molar-refractivity contribution in [3.8, 4) is 5.75 Å². The van der Waals surface area contributed by atoms with Crippen molar-refractivity contribution in [2.24, 2.45) is 5.92 Å². The number of methoxy groups -OCH3 is 1. The number of nitrogens with zero attached hydrogens (tertiary/aromatic N) is 1. The van der Waals surface area contributed by atoms with Crippen LogP contribution in [0.1, 0.15) is 12.8 Å². The average Bonchev–Trinajstić information content (AvgIpc) is 2.48. The highest BCUT2D eigenvalue weighted by molar-refractivity contribution is 5.20. The molecule has 0 aliphatic carbocycles. The van der Waals surface area contributed by atoms with Crippen LogP contribution in [-0.2, 0) is 4.74 Å². The van der Waals surface area contributed by atoms with Crippen molar-refractivity contribution in [3.05, 3.63) is 30.3 Å². The van der Waals surface area contributed by atoms with Gasteiger partial charge in [-0.05, 0) is 38.1 Å². The van der Waals surface area contributed by atoms with Gasteiger partial charge in [-0.25, -0.2) is 0 Å². The van der Waals surface area contributed by atoms with Crippen LogP contribution in [0.25, 0.3) is 0 Å². The van der Waals surface area contributed by atoms with Gasteiger partial charge in [0.2, 0.25) is 0 Å². The zero-order valence-electron chi connectivity index (χ0n) is 11.5. The van der Waals surface area contributed by atoms with Gasteiger partial charge in [0, 0.05) is 19.6 Å². The molecule has 0 aromatic heterocycles. The Hall–Kier alpha value is -1.10. The van der Waals surface area contributed by atoms with Crippen molar-refractivity contribution < 1.29 is 14.6 Å². The molecule has 1 aromatic carbocycles. The monoisotopic (exact) mass is 265 g/mol. The fraction of sp³-hybridized carbons (Fsp3) is 0.600. The molecular weight excluding hydrogens is 242 g/mol. The van der Waals surface area contributed by atoms with Crippen LogP contribution >= 0.6 is 0 Å². The minimum Gasteiger partial charge on any atom is -0.492 e. The first-order valence-corrected chi connectivity index (χ1v) is 6.90. The maximum absolute atomic E-state index is 9.63. The van der Waals surface area contributed by atoms with E-state index >= 15 is 0 Å². The molecule has 4 nitrogen and oxygen atoms in total. The lowest BCUT2D eigenvalue weighted by molar-refractivity contribution is -0.124. The van der Waals surface area contributed by atoms with Crippen LogP contribution in [0.15, 0.2) is 30.3 Å². The highest BCUT2D eigenvalue weighted by Crippen LogP contribution is 2.20. The Morgan fingerprint density at radius 3 is 2.58 bits per heavy atom. The lowest BCUT2D eigenvalue weighted by Crippen LogP contribution is -2.40. The summed E-state index contributed by atoms with van der Waals surface area (Å²) < 4.78 is 10.7. The van der Waals surface area contributed by atoms with Crippen LogP contribution in [0.3, 0.4) is 0 Å². The quantitative estimate of drug-likeness (QED) is 0.796. The number of hydrogen-bond acceptors (Lipinski definition) is 4. The number of likely N-dealkylation sites (tertiary alicyclic amines) is 1. The summed E-state index contributed by atoms with van der Waals surface area (Å²) >= 11 is 0. The third-order valence-electron chi connectivity index (χ3n) is 3.70. The van der Waals surface area contributed by atoms with Crippen LogP contribution < -0.4 is 4.74 Å². The van der Waals surface area contributed by atoms with Crippen molar-refractivity contribution in [2.75, 3.05) is 33.4 Å². The first-order valence-electron chi connectivity index (χ1n) is 6.90. The van der Waals surface area contributed by atoms with E-state index in [1.165, 1.54) is 0 Å². The van der Waals surface area contributed by atoms with Crippen molar-refractivity contribution >= 4 is 0 Å². The first kappa shape index (κ1) is 14.3. The van der Waals surface area contributed by atoms with E-state index in [1.807, 2.05) is 30.3 Å². The van der Waals surface area contributed by atoms with E-state index in [0.29, 0.717) is 6.61 Å². The molecule has 1 unspecified atom stereocenters. The molecule has 4 heteroatoms. The van der Waals surface area contributed by atoms with E-state index in [4.69, 9.17) is 9.47 Å². The highest BCUT2D eigenvalue weighted by atomic mass is 16.6. The maximum atomic E-state index is 9.63. The second-order valence-corrected chi connectivity index (χ2v) is 4.97. The Morgan fingerprint density at radius 1 is 1.26 bits per heavy atom.